The second-order valence-electron chi connectivity index (χ2n) is 4.30. The summed E-state index contributed by atoms with van der Waals surface area (Å²) in [6, 6.07) is 5.36. The lowest BCUT2D eigenvalue weighted by Crippen LogP contribution is -2.43. The summed E-state index contributed by atoms with van der Waals surface area (Å²) in [5.74, 6) is -1.29. The topological polar surface area (TPSA) is 66.4 Å². The number of benzene rings is 1. The van der Waals surface area contributed by atoms with Gasteiger partial charge in [0.05, 0.1) is 0 Å². The van der Waals surface area contributed by atoms with Crippen LogP contribution in [0, 0.1) is 6.92 Å². The Hall–Kier alpha value is -1.36. The zero-order chi connectivity index (χ0) is 12.6. The summed E-state index contributed by atoms with van der Waals surface area (Å²) >= 11 is 3.29. The maximum absolute atomic E-state index is 12.0. The van der Waals surface area contributed by atoms with Crippen LogP contribution in [0.25, 0.3) is 0 Å². The van der Waals surface area contributed by atoms with Crippen molar-refractivity contribution in [1.29, 1.82) is 0 Å². The van der Waals surface area contributed by atoms with Gasteiger partial charge in [0, 0.05) is 10.0 Å². The second kappa shape index (κ2) is 4.14. The Balaban J connectivity index is 2.21. The molecule has 0 unspecified atom stereocenters. The minimum atomic E-state index is -1.04. The number of aliphatic carboxylic acids is 1. The number of hydrogen-bond donors (Lipinski definition) is 2. The number of aryl methyl sites for hydroxylation is 1. The van der Waals surface area contributed by atoms with E-state index in [9.17, 15) is 9.59 Å². The van der Waals surface area contributed by atoms with Crippen molar-refractivity contribution in [2.24, 2.45) is 0 Å². The van der Waals surface area contributed by atoms with Crippen LogP contribution in [-0.2, 0) is 4.79 Å². The predicted molar refractivity (Wildman–Crippen MR) is 65.9 cm³/mol. The number of carboxylic acids is 1. The Labute approximate surface area is 107 Å². The lowest BCUT2D eigenvalue weighted by atomic mass is 10.1. The van der Waals surface area contributed by atoms with Crippen molar-refractivity contribution in [1.82, 2.24) is 5.32 Å². The van der Waals surface area contributed by atoms with Crippen molar-refractivity contribution in [3.63, 3.8) is 0 Å². The fourth-order valence-corrected chi connectivity index (χ4v) is 2.00. The van der Waals surface area contributed by atoms with E-state index in [-0.39, 0.29) is 5.91 Å². The molecule has 17 heavy (non-hydrogen) atoms. The lowest BCUT2D eigenvalue weighted by Gasteiger charge is -2.13. The molecule has 0 bridgehead atoms. The SMILES string of the molecule is Cc1ccc(Br)cc1C(=O)NC1(C(=O)O)CC1. The third-order valence-electron chi connectivity index (χ3n) is 2.96. The van der Waals surface area contributed by atoms with Crippen LogP contribution >= 0.6 is 15.9 Å². The first-order chi connectivity index (χ1) is 7.94. The molecule has 2 rings (SSSR count). The summed E-state index contributed by atoms with van der Waals surface area (Å²) in [4.78, 5) is 23.0. The van der Waals surface area contributed by atoms with Gasteiger partial charge in [0.2, 0.25) is 0 Å². The Bertz CT molecular complexity index is 495. The van der Waals surface area contributed by atoms with Gasteiger partial charge >= 0.3 is 5.97 Å². The summed E-state index contributed by atoms with van der Waals surface area (Å²) in [6.07, 6.45) is 1.00. The van der Waals surface area contributed by atoms with Gasteiger partial charge in [-0.3, -0.25) is 4.79 Å². The van der Waals surface area contributed by atoms with Gasteiger partial charge in [-0.05, 0) is 37.5 Å². The van der Waals surface area contributed by atoms with E-state index in [2.05, 4.69) is 21.2 Å². The van der Waals surface area contributed by atoms with Gasteiger partial charge in [0.1, 0.15) is 5.54 Å². The van der Waals surface area contributed by atoms with Gasteiger partial charge < -0.3 is 10.4 Å². The molecular formula is C12H12BrNO3. The molecule has 2 N–H and O–H groups in total. The first-order valence-corrected chi connectivity index (χ1v) is 6.06. The summed E-state index contributed by atoms with van der Waals surface area (Å²) in [5.41, 5.74) is 0.296. The highest BCUT2D eigenvalue weighted by Gasteiger charge is 2.51. The summed E-state index contributed by atoms with van der Waals surface area (Å²) in [7, 11) is 0. The van der Waals surface area contributed by atoms with Crippen molar-refractivity contribution in [3.8, 4) is 0 Å². The minimum Gasteiger partial charge on any atom is -0.480 e. The number of halogens is 1. The van der Waals surface area contributed by atoms with Crippen molar-refractivity contribution in [2.45, 2.75) is 25.3 Å². The molecule has 0 radical (unpaired) electrons. The number of carboxylic acid groups (broad SMARTS) is 1. The molecule has 4 nitrogen and oxygen atoms in total. The lowest BCUT2D eigenvalue weighted by molar-refractivity contribution is -0.140. The fourth-order valence-electron chi connectivity index (χ4n) is 1.64. The Kier molecular flexibility index (Phi) is 2.95. The van der Waals surface area contributed by atoms with E-state index >= 15 is 0 Å². The molecule has 0 heterocycles. The maximum atomic E-state index is 12.0. The van der Waals surface area contributed by atoms with Gasteiger partial charge in [-0.1, -0.05) is 22.0 Å². The van der Waals surface area contributed by atoms with Gasteiger partial charge in [0.15, 0.2) is 0 Å². The molecule has 1 saturated carbocycles. The molecule has 5 heteroatoms. The summed E-state index contributed by atoms with van der Waals surface area (Å²) in [5, 5.41) is 11.6. The van der Waals surface area contributed by atoms with Crippen molar-refractivity contribution in [2.75, 3.05) is 0 Å². The first kappa shape index (κ1) is 12.1. The van der Waals surface area contributed by atoms with Crippen LogP contribution in [-0.4, -0.2) is 22.5 Å². The second-order valence-corrected chi connectivity index (χ2v) is 5.22. The standard InChI is InChI=1S/C12H12BrNO3/c1-7-2-3-8(13)6-9(7)10(15)14-12(4-5-12)11(16)17/h2-3,6H,4-5H2,1H3,(H,14,15)(H,16,17). The number of hydrogen-bond acceptors (Lipinski definition) is 2. The molecule has 1 amide bonds. The van der Waals surface area contributed by atoms with Crippen LogP contribution in [0.5, 0.6) is 0 Å². The molecular weight excluding hydrogens is 286 g/mol. The molecule has 1 fully saturated rings. The van der Waals surface area contributed by atoms with E-state index in [1.165, 1.54) is 0 Å². The first-order valence-electron chi connectivity index (χ1n) is 5.27. The van der Waals surface area contributed by atoms with Crippen molar-refractivity contribution >= 4 is 27.8 Å². The fraction of sp³-hybridized carbons (Fsp3) is 0.333. The van der Waals surface area contributed by atoms with E-state index in [1.807, 2.05) is 19.1 Å². The van der Waals surface area contributed by atoms with Gasteiger partial charge in [-0.2, -0.15) is 0 Å². The van der Waals surface area contributed by atoms with Crippen molar-refractivity contribution in [3.05, 3.63) is 33.8 Å². The zero-order valence-corrected chi connectivity index (χ0v) is 10.9. The number of carbonyl (C=O) groups excluding carboxylic acids is 1. The molecule has 1 aliphatic carbocycles. The maximum Gasteiger partial charge on any atom is 0.329 e. The smallest absolute Gasteiger partial charge is 0.329 e. The summed E-state index contributed by atoms with van der Waals surface area (Å²) < 4.78 is 0.799. The van der Waals surface area contributed by atoms with Crippen LogP contribution in [0.1, 0.15) is 28.8 Å². The molecule has 90 valence electrons. The highest BCUT2D eigenvalue weighted by atomic mass is 79.9. The third kappa shape index (κ3) is 2.34. The molecule has 1 aliphatic rings. The average molecular weight is 298 g/mol. The third-order valence-corrected chi connectivity index (χ3v) is 3.45. The monoisotopic (exact) mass is 297 g/mol. The normalized spacial score (nSPS) is 16.4. The number of nitrogens with one attached hydrogen (secondary N) is 1. The molecule has 0 aromatic heterocycles. The molecule has 1 aromatic carbocycles. The quantitative estimate of drug-likeness (QED) is 0.898. The van der Waals surface area contributed by atoms with Crippen LogP contribution in [0.4, 0.5) is 0 Å². The van der Waals surface area contributed by atoms with Crippen molar-refractivity contribution < 1.29 is 14.7 Å². The number of amides is 1. The van der Waals surface area contributed by atoms with Crippen LogP contribution < -0.4 is 5.32 Å². The molecule has 0 atom stereocenters. The average Bonchev–Trinajstić information content (AvgIpc) is 3.02. The van der Waals surface area contributed by atoms with E-state index < -0.39 is 11.5 Å². The van der Waals surface area contributed by atoms with Crippen LogP contribution in [0.3, 0.4) is 0 Å². The molecule has 0 spiro atoms. The Morgan fingerprint density at radius 2 is 2.06 bits per heavy atom. The van der Waals surface area contributed by atoms with Crippen LogP contribution in [0.15, 0.2) is 22.7 Å². The van der Waals surface area contributed by atoms with Crippen LogP contribution in [0.2, 0.25) is 0 Å². The number of rotatable bonds is 3. The Morgan fingerprint density at radius 3 is 2.59 bits per heavy atom. The molecule has 0 aliphatic heterocycles. The number of carbonyl (C=O) groups is 2. The highest BCUT2D eigenvalue weighted by Crippen LogP contribution is 2.36. The predicted octanol–water partition coefficient (Wildman–Crippen LogP) is 2.10. The molecule has 1 aromatic rings. The van der Waals surface area contributed by atoms with Gasteiger partial charge in [0.25, 0.3) is 5.91 Å². The highest BCUT2D eigenvalue weighted by molar-refractivity contribution is 9.10. The van der Waals surface area contributed by atoms with E-state index in [0.717, 1.165) is 10.0 Å². The summed E-state index contributed by atoms with van der Waals surface area (Å²) in [6.45, 7) is 1.82. The van der Waals surface area contributed by atoms with E-state index in [0.29, 0.717) is 18.4 Å². The molecule has 0 saturated heterocycles. The largest absolute Gasteiger partial charge is 0.480 e. The zero-order valence-electron chi connectivity index (χ0n) is 9.29. The van der Waals surface area contributed by atoms with E-state index in [4.69, 9.17) is 5.11 Å². The Morgan fingerprint density at radius 1 is 1.41 bits per heavy atom. The van der Waals surface area contributed by atoms with E-state index in [1.54, 1.807) is 6.07 Å². The van der Waals surface area contributed by atoms with Gasteiger partial charge in [-0.15, -0.1) is 0 Å². The minimum absolute atomic E-state index is 0.330. The van der Waals surface area contributed by atoms with Gasteiger partial charge in [-0.25, -0.2) is 4.79 Å².